The Hall–Kier alpha value is -2.60. The third kappa shape index (κ3) is 2.70. The van der Waals surface area contributed by atoms with Crippen LogP contribution in [0.3, 0.4) is 0 Å². The zero-order valence-corrected chi connectivity index (χ0v) is 14.2. The zero-order valence-electron chi connectivity index (χ0n) is 13.4. The fourth-order valence-corrected chi connectivity index (χ4v) is 3.49. The minimum absolute atomic E-state index is 0.00383. The molecule has 3 aromatic rings. The Labute approximate surface area is 152 Å². The molecule has 4 nitrogen and oxygen atoms in total. The molecule has 2 aromatic carbocycles. The first-order valence-electron chi connectivity index (χ1n) is 8.25. The van der Waals surface area contributed by atoms with Gasteiger partial charge in [0.1, 0.15) is 5.82 Å². The van der Waals surface area contributed by atoms with Gasteiger partial charge in [0.15, 0.2) is 11.5 Å². The van der Waals surface area contributed by atoms with Crippen molar-refractivity contribution in [3.05, 3.63) is 53.1 Å². The van der Waals surface area contributed by atoms with Crippen molar-refractivity contribution in [3.63, 3.8) is 0 Å². The zero-order chi connectivity index (χ0) is 17.9. The second-order valence-electron chi connectivity index (χ2n) is 6.47. The first kappa shape index (κ1) is 15.6. The molecule has 2 aliphatic rings. The van der Waals surface area contributed by atoms with Crippen LogP contribution in [0.15, 0.2) is 42.5 Å². The van der Waals surface area contributed by atoms with Crippen LogP contribution >= 0.6 is 11.6 Å². The average molecular weight is 375 g/mol. The Kier molecular flexibility index (Phi) is 3.28. The third-order valence-corrected chi connectivity index (χ3v) is 4.92. The third-order valence-electron chi connectivity index (χ3n) is 4.52. The maximum atomic E-state index is 13.1. The van der Waals surface area contributed by atoms with E-state index in [1.165, 1.54) is 12.1 Å². The molecule has 132 valence electrons. The molecule has 0 radical (unpaired) electrons. The Bertz CT molecular complexity index is 1040. The predicted octanol–water partition coefficient (Wildman–Crippen LogP) is 5.83. The van der Waals surface area contributed by atoms with Gasteiger partial charge in [0.05, 0.1) is 10.5 Å². The number of ether oxygens (including phenoxy) is 2. The standard InChI is InChI=1S/C19H13ClF2N2O2/c20-17-13(10-1-2-10)6-3-11-4-8-16(24-18(11)17)23-12-5-7-14-15(9-12)26-19(21,22)25-14/h3-10H,1-2H2,(H,23,24). The highest BCUT2D eigenvalue weighted by atomic mass is 35.5. The van der Waals surface area contributed by atoms with E-state index in [-0.39, 0.29) is 11.5 Å². The molecule has 1 aliphatic carbocycles. The summed E-state index contributed by atoms with van der Waals surface area (Å²) in [5, 5.41) is 4.73. The Morgan fingerprint density at radius 3 is 2.62 bits per heavy atom. The van der Waals surface area contributed by atoms with Crippen LogP contribution < -0.4 is 14.8 Å². The normalized spacial score (nSPS) is 17.5. The molecule has 0 atom stereocenters. The van der Waals surface area contributed by atoms with Crippen LogP contribution in [0, 0.1) is 0 Å². The van der Waals surface area contributed by atoms with Gasteiger partial charge in [0.2, 0.25) is 0 Å². The number of hydrogen-bond donors (Lipinski definition) is 1. The van der Waals surface area contributed by atoms with Gasteiger partial charge < -0.3 is 14.8 Å². The molecule has 0 bridgehead atoms. The van der Waals surface area contributed by atoms with E-state index in [0.29, 0.717) is 22.4 Å². The SMILES string of the molecule is FC1(F)Oc2ccc(Nc3ccc4ccc(C5CC5)c(Cl)c4n3)cc2O1. The van der Waals surface area contributed by atoms with E-state index in [9.17, 15) is 8.78 Å². The molecule has 1 fully saturated rings. The van der Waals surface area contributed by atoms with Gasteiger partial charge in [-0.2, -0.15) is 0 Å². The fraction of sp³-hybridized carbons (Fsp3) is 0.211. The number of pyridine rings is 1. The molecule has 0 spiro atoms. The van der Waals surface area contributed by atoms with Gasteiger partial charge >= 0.3 is 6.29 Å². The van der Waals surface area contributed by atoms with Gasteiger partial charge in [0.25, 0.3) is 0 Å². The van der Waals surface area contributed by atoms with Crippen molar-refractivity contribution in [1.29, 1.82) is 0 Å². The highest BCUT2D eigenvalue weighted by Gasteiger charge is 2.43. The molecule has 1 aliphatic heterocycles. The van der Waals surface area contributed by atoms with Crippen molar-refractivity contribution in [1.82, 2.24) is 4.98 Å². The topological polar surface area (TPSA) is 43.4 Å². The first-order chi connectivity index (χ1) is 12.5. The molecular formula is C19H13ClF2N2O2. The highest BCUT2D eigenvalue weighted by Crippen LogP contribution is 2.45. The number of nitrogens with one attached hydrogen (secondary N) is 1. The fourth-order valence-electron chi connectivity index (χ4n) is 3.12. The van der Waals surface area contributed by atoms with Crippen molar-refractivity contribution >= 4 is 34.0 Å². The van der Waals surface area contributed by atoms with E-state index in [4.69, 9.17) is 11.6 Å². The minimum atomic E-state index is -3.63. The second-order valence-corrected chi connectivity index (χ2v) is 6.84. The molecule has 0 unspecified atom stereocenters. The van der Waals surface area contributed by atoms with E-state index in [1.807, 2.05) is 18.2 Å². The van der Waals surface area contributed by atoms with Crippen LogP contribution in [0.25, 0.3) is 10.9 Å². The Morgan fingerprint density at radius 2 is 1.81 bits per heavy atom. The molecule has 2 heterocycles. The molecule has 1 saturated carbocycles. The van der Waals surface area contributed by atoms with Crippen LogP contribution in [0.4, 0.5) is 20.3 Å². The number of benzene rings is 2. The minimum Gasteiger partial charge on any atom is -0.395 e. The van der Waals surface area contributed by atoms with E-state index < -0.39 is 6.29 Å². The second kappa shape index (κ2) is 5.45. The van der Waals surface area contributed by atoms with Gasteiger partial charge in [-0.15, -0.1) is 8.78 Å². The van der Waals surface area contributed by atoms with Crippen molar-refractivity contribution < 1.29 is 18.3 Å². The summed E-state index contributed by atoms with van der Waals surface area (Å²) < 4.78 is 35.1. The number of rotatable bonds is 3. The number of hydrogen-bond acceptors (Lipinski definition) is 4. The smallest absolute Gasteiger partial charge is 0.395 e. The Balaban J connectivity index is 1.47. The molecule has 26 heavy (non-hydrogen) atoms. The van der Waals surface area contributed by atoms with Gasteiger partial charge in [-0.25, -0.2) is 4.98 Å². The lowest BCUT2D eigenvalue weighted by Crippen LogP contribution is -2.25. The molecular weight excluding hydrogens is 362 g/mol. The van der Waals surface area contributed by atoms with Crippen LogP contribution in [-0.2, 0) is 0 Å². The highest BCUT2D eigenvalue weighted by molar-refractivity contribution is 6.36. The molecule has 0 saturated heterocycles. The van der Waals surface area contributed by atoms with E-state index >= 15 is 0 Å². The van der Waals surface area contributed by atoms with Gasteiger partial charge in [-0.05, 0) is 48.6 Å². The Morgan fingerprint density at radius 1 is 1.04 bits per heavy atom. The quantitative estimate of drug-likeness (QED) is 0.626. The first-order valence-corrected chi connectivity index (χ1v) is 8.62. The van der Waals surface area contributed by atoms with Crippen molar-refractivity contribution in [2.24, 2.45) is 0 Å². The maximum absolute atomic E-state index is 13.1. The molecule has 7 heteroatoms. The van der Waals surface area contributed by atoms with Crippen molar-refractivity contribution in [2.75, 3.05) is 5.32 Å². The summed E-state index contributed by atoms with van der Waals surface area (Å²) in [7, 11) is 0. The van der Waals surface area contributed by atoms with E-state index in [0.717, 1.165) is 29.3 Å². The van der Waals surface area contributed by atoms with Crippen LogP contribution in [0.2, 0.25) is 5.02 Å². The van der Waals surface area contributed by atoms with Crippen molar-refractivity contribution in [2.45, 2.75) is 25.1 Å². The van der Waals surface area contributed by atoms with Gasteiger partial charge in [-0.3, -0.25) is 0 Å². The van der Waals surface area contributed by atoms with Crippen LogP contribution in [0.1, 0.15) is 24.3 Å². The number of alkyl halides is 2. The van der Waals surface area contributed by atoms with E-state index in [2.05, 4.69) is 25.8 Å². The summed E-state index contributed by atoms with van der Waals surface area (Å²) in [4.78, 5) is 4.60. The summed E-state index contributed by atoms with van der Waals surface area (Å²) in [6, 6.07) is 12.3. The van der Waals surface area contributed by atoms with Crippen LogP contribution in [-0.4, -0.2) is 11.3 Å². The summed E-state index contributed by atoms with van der Waals surface area (Å²) in [5.74, 6) is 1.08. The number of fused-ring (bicyclic) bond motifs is 2. The largest absolute Gasteiger partial charge is 0.586 e. The molecule has 0 amide bonds. The summed E-state index contributed by atoms with van der Waals surface area (Å²) in [5.41, 5.74) is 2.42. The number of halogens is 3. The monoisotopic (exact) mass is 374 g/mol. The lowest BCUT2D eigenvalue weighted by atomic mass is 10.1. The summed E-state index contributed by atoms with van der Waals surface area (Å²) in [6.07, 6.45) is -1.31. The van der Waals surface area contributed by atoms with E-state index in [1.54, 1.807) is 6.07 Å². The van der Waals surface area contributed by atoms with Gasteiger partial charge in [-0.1, -0.05) is 23.7 Å². The van der Waals surface area contributed by atoms with Crippen molar-refractivity contribution in [3.8, 4) is 11.5 Å². The maximum Gasteiger partial charge on any atom is 0.586 e. The van der Waals surface area contributed by atoms with Crippen LogP contribution in [0.5, 0.6) is 11.5 Å². The number of nitrogens with zero attached hydrogens (tertiary/aromatic N) is 1. The van der Waals surface area contributed by atoms with Gasteiger partial charge in [0, 0.05) is 17.1 Å². The summed E-state index contributed by atoms with van der Waals surface area (Å²) in [6.45, 7) is 0. The molecule has 1 aromatic heterocycles. The number of aromatic nitrogens is 1. The predicted molar refractivity (Wildman–Crippen MR) is 94.7 cm³/mol. The number of anilines is 2. The lowest BCUT2D eigenvalue weighted by molar-refractivity contribution is -0.286. The molecule has 1 N–H and O–H groups in total. The average Bonchev–Trinajstić information content (AvgIpc) is 3.38. The summed E-state index contributed by atoms with van der Waals surface area (Å²) >= 11 is 6.55. The molecule has 5 rings (SSSR count). The lowest BCUT2D eigenvalue weighted by Gasteiger charge is -2.10.